The molecule has 0 amide bonds. The van der Waals surface area contributed by atoms with Crippen molar-refractivity contribution < 1.29 is 8.42 Å². The van der Waals surface area contributed by atoms with Crippen molar-refractivity contribution in [1.29, 1.82) is 0 Å². The van der Waals surface area contributed by atoms with Crippen LogP contribution in [0.5, 0.6) is 0 Å². The minimum atomic E-state index is -2.90. The summed E-state index contributed by atoms with van der Waals surface area (Å²) in [7, 11) is -0.880. The predicted molar refractivity (Wildman–Crippen MR) is 73.5 cm³/mol. The molecule has 1 aliphatic carbocycles. The fourth-order valence-corrected chi connectivity index (χ4v) is 4.29. The highest BCUT2D eigenvalue weighted by Crippen LogP contribution is 2.41. The van der Waals surface area contributed by atoms with Gasteiger partial charge < -0.3 is 10.2 Å². The van der Waals surface area contributed by atoms with Crippen molar-refractivity contribution in [3.05, 3.63) is 0 Å². The third-order valence-electron chi connectivity index (χ3n) is 3.88. The van der Waals surface area contributed by atoms with Crippen LogP contribution in [0.15, 0.2) is 4.99 Å². The van der Waals surface area contributed by atoms with Crippen molar-refractivity contribution in [2.24, 2.45) is 10.4 Å². The molecule has 1 heterocycles. The van der Waals surface area contributed by atoms with Crippen molar-refractivity contribution in [1.82, 2.24) is 10.2 Å². The molecule has 6 heteroatoms. The van der Waals surface area contributed by atoms with E-state index in [1.54, 1.807) is 0 Å². The second kappa shape index (κ2) is 5.07. The fourth-order valence-electron chi connectivity index (χ4n) is 2.78. The Balaban J connectivity index is 1.93. The zero-order chi connectivity index (χ0) is 13.2. The fraction of sp³-hybridized carbons (Fsp3) is 0.917. The van der Waals surface area contributed by atoms with Crippen LogP contribution in [0.25, 0.3) is 0 Å². The standard InChI is InChI=1S/C12H23N3O2S/c1-15-8-4-7-13-11(15)14-9-12(5-3-6-12)10-18(2,16)17/h3-10H2,1-2H3,(H,13,14). The van der Waals surface area contributed by atoms with Gasteiger partial charge in [0.05, 0.1) is 5.75 Å². The van der Waals surface area contributed by atoms with Crippen LogP contribution in [-0.2, 0) is 9.84 Å². The Kier molecular flexibility index (Phi) is 3.84. The Morgan fingerprint density at radius 3 is 2.61 bits per heavy atom. The number of hydrogen-bond donors (Lipinski definition) is 1. The zero-order valence-corrected chi connectivity index (χ0v) is 12.1. The summed E-state index contributed by atoms with van der Waals surface area (Å²) in [5, 5.41) is 3.35. The second-order valence-electron chi connectivity index (χ2n) is 5.76. The number of aliphatic imine (C=N–C) groups is 1. The van der Waals surface area contributed by atoms with Gasteiger partial charge in [0.15, 0.2) is 5.96 Å². The molecular formula is C12H23N3O2S. The molecule has 0 atom stereocenters. The van der Waals surface area contributed by atoms with Crippen molar-refractivity contribution in [2.75, 3.05) is 38.7 Å². The molecule has 0 saturated heterocycles. The normalized spacial score (nSPS) is 23.2. The lowest BCUT2D eigenvalue weighted by Crippen LogP contribution is -2.50. The van der Waals surface area contributed by atoms with E-state index in [9.17, 15) is 8.42 Å². The molecule has 2 rings (SSSR count). The summed E-state index contributed by atoms with van der Waals surface area (Å²) in [6, 6.07) is 0. The number of nitrogens with zero attached hydrogens (tertiary/aromatic N) is 2. The molecule has 0 unspecified atom stereocenters. The SMILES string of the molecule is CN1CCCN=C1NCC1(CS(C)(=O)=O)CCC1. The smallest absolute Gasteiger partial charge is 0.193 e. The Morgan fingerprint density at radius 2 is 2.11 bits per heavy atom. The Labute approximate surface area is 110 Å². The highest BCUT2D eigenvalue weighted by atomic mass is 32.2. The summed E-state index contributed by atoms with van der Waals surface area (Å²) in [5.41, 5.74) is -0.0611. The van der Waals surface area contributed by atoms with Gasteiger partial charge in [-0.2, -0.15) is 0 Å². The van der Waals surface area contributed by atoms with Crippen LogP contribution in [0.1, 0.15) is 25.7 Å². The lowest BCUT2D eigenvalue weighted by atomic mass is 9.70. The maximum atomic E-state index is 11.5. The predicted octanol–water partition coefficient (Wildman–Crippen LogP) is 0.482. The molecule has 1 saturated carbocycles. The number of rotatable bonds is 4. The van der Waals surface area contributed by atoms with Gasteiger partial charge in [0, 0.05) is 38.4 Å². The number of sulfone groups is 1. The van der Waals surface area contributed by atoms with E-state index in [-0.39, 0.29) is 5.41 Å². The first-order chi connectivity index (χ1) is 8.40. The molecule has 18 heavy (non-hydrogen) atoms. The van der Waals surface area contributed by atoms with Crippen LogP contribution < -0.4 is 5.32 Å². The lowest BCUT2D eigenvalue weighted by Gasteiger charge is -2.42. The van der Waals surface area contributed by atoms with Gasteiger partial charge in [-0.3, -0.25) is 4.99 Å². The average Bonchev–Trinajstić information content (AvgIpc) is 2.22. The third kappa shape index (κ3) is 3.37. The van der Waals surface area contributed by atoms with Gasteiger partial charge in [-0.05, 0) is 19.3 Å². The molecule has 2 aliphatic rings. The molecule has 1 aliphatic heterocycles. The lowest BCUT2D eigenvalue weighted by molar-refractivity contribution is 0.167. The molecule has 0 aromatic heterocycles. The summed E-state index contributed by atoms with van der Waals surface area (Å²) < 4.78 is 23.0. The van der Waals surface area contributed by atoms with E-state index in [4.69, 9.17) is 0 Å². The van der Waals surface area contributed by atoms with Gasteiger partial charge in [0.25, 0.3) is 0 Å². The van der Waals surface area contributed by atoms with Gasteiger partial charge in [-0.1, -0.05) is 6.42 Å². The number of guanidine groups is 1. The number of hydrogen-bond acceptors (Lipinski definition) is 5. The molecular weight excluding hydrogens is 250 g/mol. The molecule has 0 bridgehead atoms. The van der Waals surface area contributed by atoms with Crippen LogP contribution in [0.2, 0.25) is 0 Å². The van der Waals surface area contributed by atoms with Crippen LogP contribution in [-0.4, -0.2) is 58.0 Å². The molecule has 0 aromatic rings. The highest BCUT2D eigenvalue weighted by molar-refractivity contribution is 7.90. The Morgan fingerprint density at radius 1 is 1.39 bits per heavy atom. The summed E-state index contributed by atoms with van der Waals surface area (Å²) in [6.07, 6.45) is 5.57. The van der Waals surface area contributed by atoms with Crippen LogP contribution in [0.4, 0.5) is 0 Å². The van der Waals surface area contributed by atoms with E-state index < -0.39 is 9.84 Å². The first-order valence-corrected chi connectivity index (χ1v) is 8.64. The van der Waals surface area contributed by atoms with Crippen molar-refractivity contribution in [3.8, 4) is 0 Å². The van der Waals surface area contributed by atoms with Crippen LogP contribution in [0.3, 0.4) is 0 Å². The van der Waals surface area contributed by atoms with E-state index >= 15 is 0 Å². The molecule has 1 fully saturated rings. The maximum absolute atomic E-state index is 11.5. The van der Waals surface area contributed by atoms with Crippen molar-refractivity contribution in [2.45, 2.75) is 25.7 Å². The largest absolute Gasteiger partial charge is 0.356 e. The Bertz CT molecular complexity index is 427. The first kappa shape index (κ1) is 13.6. The monoisotopic (exact) mass is 273 g/mol. The van der Waals surface area contributed by atoms with Gasteiger partial charge >= 0.3 is 0 Å². The Hall–Kier alpha value is -0.780. The molecule has 0 aromatic carbocycles. The molecule has 0 spiro atoms. The minimum Gasteiger partial charge on any atom is -0.356 e. The second-order valence-corrected chi connectivity index (χ2v) is 7.90. The van der Waals surface area contributed by atoms with Crippen LogP contribution in [0, 0.1) is 5.41 Å². The zero-order valence-electron chi connectivity index (χ0n) is 11.3. The van der Waals surface area contributed by atoms with Crippen molar-refractivity contribution >= 4 is 15.8 Å². The maximum Gasteiger partial charge on any atom is 0.193 e. The average molecular weight is 273 g/mol. The number of nitrogens with one attached hydrogen (secondary N) is 1. The van der Waals surface area contributed by atoms with Crippen molar-refractivity contribution in [3.63, 3.8) is 0 Å². The van der Waals surface area contributed by atoms with Gasteiger partial charge in [0.1, 0.15) is 9.84 Å². The van der Waals surface area contributed by atoms with Gasteiger partial charge in [-0.25, -0.2) is 8.42 Å². The van der Waals surface area contributed by atoms with E-state index in [1.807, 2.05) is 7.05 Å². The van der Waals surface area contributed by atoms with E-state index in [2.05, 4.69) is 15.2 Å². The quantitative estimate of drug-likeness (QED) is 0.809. The highest BCUT2D eigenvalue weighted by Gasteiger charge is 2.40. The topological polar surface area (TPSA) is 61.8 Å². The van der Waals surface area contributed by atoms with Gasteiger partial charge in [0.2, 0.25) is 0 Å². The first-order valence-electron chi connectivity index (χ1n) is 6.57. The summed E-state index contributed by atoms with van der Waals surface area (Å²) in [5.74, 6) is 1.21. The van der Waals surface area contributed by atoms with E-state index in [0.29, 0.717) is 5.75 Å². The molecule has 104 valence electrons. The molecule has 5 nitrogen and oxygen atoms in total. The minimum absolute atomic E-state index is 0.0611. The van der Waals surface area contributed by atoms with Crippen LogP contribution >= 0.6 is 0 Å². The summed E-state index contributed by atoms with van der Waals surface area (Å²) >= 11 is 0. The van der Waals surface area contributed by atoms with E-state index in [1.165, 1.54) is 6.26 Å². The molecule has 1 N–H and O–H groups in total. The van der Waals surface area contributed by atoms with E-state index in [0.717, 1.165) is 51.3 Å². The third-order valence-corrected chi connectivity index (χ3v) is 5.02. The summed E-state index contributed by atoms with van der Waals surface area (Å²) in [4.78, 5) is 6.56. The summed E-state index contributed by atoms with van der Waals surface area (Å²) in [6.45, 7) is 2.61. The van der Waals surface area contributed by atoms with Gasteiger partial charge in [-0.15, -0.1) is 0 Å². The molecule has 0 radical (unpaired) electrons.